The van der Waals surface area contributed by atoms with E-state index >= 15 is 0 Å². The third kappa shape index (κ3) is 7.80. The molecular formula is C48H82Si7. The molecule has 0 heterocycles. The predicted molar refractivity (Wildman–Crippen MR) is 277 cm³/mol. The Morgan fingerprint density at radius 2 is 0.582 bits per heavy atom. The van der Waals surface area contributed by atoms with Gasteiger partial charge in [-0.25, -0.2) is 0 Å². The Hall–Kier alpha value is -1.34. The number of allylic oxidation sites excluding steroid dienone is 4. The van der Waals surface area contributed by atoms with E-state index in [1.807, 2.05) is 0 Å². The first-order valence-electron chi connectivity index (χ1n) is 21.3. The van der Waals surface area contributed by atoms with E-state index < -0.39 is 56.5 Å². The summed E-state index contributed by atoms with van der Waals surface area (Å²) in [4.78, 5) is 0. The first-order valence-corrected chi connectivity index (χ1v) is 44.3. The van der Waals surface area contributed by atoms with Crippen LogP contribution in [0, 0.1) is 20.8 Å². The molecule has 3 aromatic rings. The van der Waals surface area contributed by atoms with Crippen LogP contribution in [0.2, 0.25) is 123 Å². The molecule has 0 amide bonds. The number of benzene rings is 3. The highest BCUT2D eigenvalue weighted by Gasteiger charge is 2.59. The molecule has 0 fully saturated rings. The molecular weight excluding hydrogens is 773 g/mol. The minimum absolute atomic E-state index is 0.145. The highest BCUT2D eigenvalue weighted by Crippen LogP contribution is 2.53. The van der Waals surface area contributed by atoms with Gasteiger partial charge in [0.05, 0.1) is 48.4 Å². The zero-order chi connectivity index (χ0) is 42.6. The van der Waals surface area contributed by atoms with Crippen molar-refractivity contribution >= 4 is 103 Å². The Morgan fingerprint density at radius 1 is 0.345 bits per heavy atom. The van der Waals surface area contributed by atoms with Gasteiger partial charge in [0.1, 0.15) is 0 Å². The largest absolute Gasteiger partial charge is 0.162 e. The fraction of sp³-hybridized carbons (Fsp3) is 0.542. The second kappa shape index (κ2) is 14.4. The Bertz CT molecular complexity index is 1870. The van der Waals surface area contributed by atoms with Crippen molar-refractivity contribution in [3.63, 3.8) is 0 Å². The first-order chi connectivity index (χ1) is 24.5. The molecule has 0 aromatic heterocycles. The molecule has 0 nitrogen and oxygen atoms in total. The highest BCUT2D eigenvalue weighted by atomic mass is 28.3. The van der Waals surface area contributed by atoms with Gasteiger partial charge in [-0.1, -0.05) is 226 Å². The molecule has 3 aromatic carbocycles. The normalized spacial score (nSPS) is 18.0. The summed E-state index contributed by atoms with van der Waals surface area (Å²) in [6.07, 6.45) is 2.78. The summed E-state index contributed by atoms with van der Waals surface area (Å²) in [5.74, 6) is 0. The van der Waals surface area contributed by atoms with Crippen LogP contribution >= 0.6 is 0 Å². The summed E-state index contributed by atoms with van der Waals surface area (Å²) >= 11 is 0. The van der Waals surface area contributed by atoms with Crippen LogP contribution in [0.15, 0.2) is 59.2 Å². The van der Waals surface area contributed by atoms with Crippen LogP contribution in [-0.2, 0) is 0 Å². The maximum atomic E-state index is 2.78. The standard InChI is InChI=1S/C48H82Si7/c1-33-32-48(7,38(6)34(33)2)55(39-26-29-42(49(8,9)10)45(35(39)3)52(17,18)19,40-27-30-43(50(11,12)13)46(36(40)4)53(20,21)22)41-28-31-44(51(14,15)16)47(37(41)5)54(23,24)25/h26-32H,1-25H3. The molecule has 0 spiro atoms. The van der Waals surface area contributed by atoms with Crippen molar-refractivity contribution in [3.8, 4) is 0 Å². The maximum Gasteiger partial charge on any atom is 0.162 e. The van der Waals surface area contributed by atoms with Crippen LogP contribution in [0.25, 0.3) is 0 Å². The number of hydrogen-bond acceptors (Lipinski definition) is 0. The Morgan fingerprint density at radius 3 is 0.764 bits per heavy atom. The summed E-state index contributed by atoms with van der Waals surface area (Å²) in [5, 5.41) is 15.3. The summed E-state index contributed by atoms with van der Waals surface area (Å²) in [7, 11) is -13.2. The van der Waals surface area contributed by atoms with Crippen molar-refractivity contribution in [1.29, 1.82) is 0 Å². The predicted octanol–water partition coefficient (Wildman–Crippen LogP) is 9.41. The molecule has 1 unspecified atom stereocenters. The van der Waals surface area contributed by atoms with Gasteiger partial charge in [-0.15, -0.1) is 0 Å². The highest BCUT2D eigenvalue weighted by molar-refractivity contribution is 7.16. The molecule has 55 heavy (non-hydrogen) atoms. The molecule has 1 aliphatic rings. The molecule has 0 N–H and O–H groups in total. The third-order valence-corrected chi connectivity index (χ3v) is 32.9. The van der Waals surface area contributed by atoms with E-state index in [4.69, 9.17) is 0 Å². The van der Waals surface area contributed by atoms with Crippen molar-refractivity contribution in [2.45, 2.75) is 171 Å². The molecule has 7 heteroatoms. The Labute approximate surface area is 348 Å². The zero-order valence-electron chi connectivity index (χ0n) is 40.5. The summed E-state index contributed by atoms with van der Waals surface area (Å²) in [5.41, 5.74) is 9.45. The van der Waals surface area contributed by atoms with E-state index in [1.54, 1.807) is 68.9 Å². The summed E-state index contributed by atoms with van der Waals surface area (Å²) in [6, 6.07) is 16.2. The van der Waals surface area contributed by atoms with Gasteiger partial charge in [-0.2, -0.15) is 0 Å². The SMILES string of the molecule is CC1=CC(C)([Si](c2ccc([Si](C)(C)C)c([Si](C)(C)C)c2C)(c2ccc([Si](C)(C)C)c([Si](C)(C)C)c2C)c2ccc([Si](C)(C)C)c([Si](C)(C)C)c2C)C(C)=C1C. The Balaban J connectivity index is 2.59. The van der Waals surface area contributed by atoms with Gasteiger partial charge in [0.15, 0.2) is 8.07 Å². The molecule has 0 saturated heterocycles. The smallest absolute Gasteiger partial charge is 0.0730 e. The zero-order valence-corrected chi connectivity index (χ0v) is 47.5. The van der Waals surface area contributed by atoms with Gasteiger partial charge >= 0.3 is 0 Å². The molecule has 4 rings (SSSR count). The molecule has 1 atom stereocenters. The van der Waals surface area contributed by atoms with E-state index in [0.717, 1.165) is 0 Å². The lowest BCUT2D eigenvalue weighted by Gasteiger charge is -2.51. The van der Waals surface area contributed by atoms with Gasteiger partial charge < -0.3 is 0 Å². The fourth-order valence-electron chi connectivity index (χ4n) is 11.1. The monoisotopic (exact) mass is 854 g/mol. The van der Waals surface area contributed by atoms with Gasteiger partial charge in [0.2, 0.25) is 0 Å². The lowest BCUT2D eigenvalue weighted by molar-refractivity contribution is 0.869. The molecule has 0 aliphatic heterocycles. The van der Waals surface area contributed by atoms with Crippen LogP contribution in [0.3, 0.4) is 0 Å². The average Bonchev–Trinajstić information content (AvgIpc) is 3.18. The van der Waals surface area contributed by atoms with E-state index in [-0.39, 0.29) is 5.04 Å². The van der Waals surface area contributed by atoms with Gasteiger partial charge in [0, 0.05) is 5.04 Å². The van der Waals surface area contributed by atoms with Crippen molar-refractivity contribution < 1.29 is 0 Å². The van der Waals surface area contributed by atoms with Crippen molar-refractivity contribution in [3.05, 3.63) is 75.9 Å². The van der Waals surface area contributed by atoms with E-state index in [0.29, 0.717) is 0 Å². The quantitative estimate of drug-likeness (QED) is 0.141. The number of hydrogen-bond donors (Lipinski definition) is 0. The van der Waals surface area contributed by atoms with Crippen molar-refractivity contribution in [2.24, 2.45) is 0 Å². The molecule has 302 valence electrons. The number of rotatable bonds is 10. The van der Waals surface area contributed by atoms with Crippen LogP contribution in [-0.4, -0.2) is 56.5 Å². The first kappa shape index (κ1) is 46.3. The Kier molecular flexibility index (Phi) is 12.2. The summed E-state index contributed by atoms with van der Waals surface area (Å²) < 4.78 is 0. The van der Waals surface area contributed by atoms with E-state index in [9.17, 15) is 0 Å². The van der Waals surface area contributed by atoms with Gasteiger partial charge in [0.25, 0.3) is 0 Å². The average molecular weight is 856 g/mol. The van der Waals surface area contributed by atoms with Crippen LogP contribution < -0.4 is 46.7 Å². The second-order valence-electron chi connectivity index (χ2n) is 24.0. The maximum absolute atomic E-state index is 2.99. The molecule has 0 radical (unpaired) electrons. The molecule has 0 bridgehead atoms. The minimum atomic E-state index is -2.99. The van der Waals surface area contributed by atoms with Crippen molar-refractivity contribution in [2.75, 3.05) is 0 Å². The summed E-state index contributed by atoms with van der Waals surface area (Å²) in [6.45, 7) is 64.6. The van der Waals surface area contributed by atoms with Gasteiger partial charge in [-0.05, 0) is 62.7 Å². The second-order valence-corrected chi connectivity index (χ2v) is 58.3. The van der Waals surface area contributed by atoms with Crippen LogP contribution in [0.4, 0.5) is 0 Å². The van der Waals surface area contributed by atoms with E-state index in [2.05, 4.69) is 209 Å². The lowest BCUT2D eigenvalue weighted by atomic mass is 10.0. The third-order valence-electron chi connectivity index (χ3n) is 13.5. The topological polar surface area (TPSA) is 0 Å². The fourth-order valence-corrected chi connectivity index (χ4v) is 36.1. The van der Waals surface area contributed by atoms with Crippen molar-refractivity contribution in [1.82, 2.24) is 0 Å². The van der Waals surface area contributed by atoms with Crippen LogP contribution in [0.1, 0.15) is 44.4 Å². The minimum Gasteiger partial charge on any atom is -0.0730 e. The lowest BCUT2D eigenvalue weighted by Crippen LogP contribution is -2.78. The van der Waals surface area contributed by atoms with E-state index in [1.165, 1.54) is 11.1 Å². The molecule has 1 aliphatic carbocycles. The van der Waals surface area contributed by atoms with Crippen LogP contribution in [0.5, 0.6) is 0 Å². The molecule has 0 saturated carbocycles. The van der Waals surface area contributed by atoms with Gasteiger partial charge in [-0.3, -0.25) is 0 Å².